The molecular weight excluding hydrogens is 232 g/mol. The molecule has 0 saturated heterocycles. The lowest BCUT2D eigenvalue weighted by Gasteiger charge is -1.91. The third-order valence-corrected chi connectivity index (χ3v) is 4.08. The third-order valence-electron chi connectivity index (χ3n) is 1.96. The van der Waals surface area contributed by atoms with E-state index in [1.54, 1.807) is 18.2 Å². The van der Waals surface area contributed by atoms with E-state index in [9.17, 15) is 13.5 Å². The van der Waals surface area contributed by atoms with E-state index in [1.807, 2.05) is 6.07 Å². The van der Waals surface area contributed by atoms with Crippen LogP contribution in [0.5, 0.6) is 5.75 Å². The van der Waals surface area contributed by atoms with Gasteiger partial charge in [0, 0.05) is 15.8 Å². The first kappa shape index (κ1) is 10.4. The Hall–Kier alpha value is -1.07. The van der Waals surface area contributed by atoms with Gasteiger partial charge in [0.25, 0.3) is 0 Å². The lowest BCUT2D eigenvalue weighted by Crippen LogP contribution is -1.98. The van der Waals surface area contributed by atoms with E-state index in [0.29, 0.717) is 0 Å². The lowest BCUT2D eigenvalue weighted by atomic mass is 10.2. The smallest absolute Gasteiger partial charge is 0.152 e. The zero-order valence-electron chi connectivity index (χ0n) is 8.10. The molecular formula is C10H10O3S2. The van der Waals surface area contributed by atoms with Crippen molar-refractivity contribution < 1.29 is 13.5 Å². The van der Waals surface area contributed by atoms with Crippen molar-refractivity contribution in [3.8, 4) is 5.75 Å². The fourth-order valence-electron chi connectivity index (χ4n) is 1.40. The fourth-order valence-corrected chi connectivity index (χ4v) is 3.78. The molecule has 15 heavy (non-hydrogen) atoms. The summed E-state index contributed by atoms with van der Waals surface area (Å²) < 4.78 is 23.1. The Bertz CT molecular complexity index is 596. The Labute approximate surface area is 91.9 Å². The molecule has 2 aromatic rings. The maximum Gasteiger partial charge on any atom is 0.152 e. The fraction of sp³-hybridized carbons (Fsp3) is 0.200. The Morgan fingerprint density at radius 1 is 1.33 bits per heavy atom. The topological polar surface area (TPSA) is 54.4 Å². The summed E-state index contributed by atoms with van der Waals surface area (Å²) in [4.78, 5) is 0.804. The predicted molar refractivity (Wildman–Crippen MR) is 62.0 cm³/mol. The van der Waals surface area contributed by atoms with Crippen LogP contribution in [-0.4, -0.2) is 19.8 Å². The van der Waals surface area contributed by atoms with Crippen LogP contribution < -0.4 is 0 Å². The largest absolute Gasteiger partial charge is 0.508 e. The summed E-state index contributed by atoms with van der Waals surface area (Å²) in [6, 6.07) is 6.87. The number of fused-ring (bicyclic) bond motifs is 1. The van der Waals surface area contributed by atoms with E-state index >= 15 is 0 Å². The first-order valence-electron chi connectivity index (χ1n) is 4.33. The monoisotopic (exact) mass is 242 g/mol. The SMILES string of the molecule is CS(=O)(=O)Cc1cc2ccc(O)cc2s1. The zero-order valence-corrected chi connectivity index (χ0v) is 9.73. The molecule has 0 spiro atoms. The summed E-state index contributed by atoms with van der Waals surface area (Å²) >= 11 is 1.40. The van der Waals surface area contributed by atoms with E-state index in [4.69, 9.17) is 0 Å². The standard InChI is InChI=1S/C10H10O3S2/c1-15(12,13)6-9-4-7-2-3-8(11)5-10(7)14-9/h2-5,11H,6H2,1H3. The Morgan fingerprint density at radius 3 is 2.73 bits per heavy atom. The second kappa shape index (κ2) is 3.50. The van der Waals surface area contributed by atoms with Crippen molar-refractivity contribution in [2.45, 2.75) is 5.75 Å². The average Bonchev–Trinajstić information content (AvgIpc) is 2.42. The van der Waals surface area contributed by atoms with Crippen LogP contribution >= 0.6 is 11.3 Å². The summed E-state index contributed by atoms with van der Waals surface area (Å²) in [7, 11) is -2.99. The number of thiophene rings is 1. The van der Waals surface area contributed by atoms with Gasteiger partial charge in [-0.3, -0.25) is 0 Å². The van der Waals surface area contributed by atoms with Crippen molar-refractivity contribution >= 4 is 31.3 Å². The Balaban J connectivity index is 2.48. The minimum atomic E-state index is -2.99. The van der Waals surface area contributed by atoms with Crippen LogP contribution in [0.1, 0.15) is 4.88 Å². The van der Waals surface area contributed by atoms with Crippen molar-refractivity contribution in [3.63, 3.8) is 0 Å². The predicted octanol–water partition coefficient (Wildman–Crippen LogP) is 2.15. The summed E-state index contributed by atoms with van der Waals surface area (Å²) in [5.74, 6) is 0.267. The molecule has 0 fully saturated rings. The van der Waals surface area contributed by atoms with Crippen LogP contribution in [0.25, 0.3) is 10.1 Å². The highest BCUT2D eigenvalue weighted by molar-refractivity contribution is 7.90. The van der Waals surface area contributed by atoms with Crippen molar-refractivity contribution in [2.24, 2.45) is 0 Å². The number of aromatic hydroxyl groups is 1. The maximum atomic E-state index is 11.1. The molecule has 3 nitrogen and oxygen atoms in total. The summed E-state index contributed by atoms with van der Waals surface area (Å²) in [6.07, 6.45) is 1.22. The highest BCUT2D eigenvalue weighted by atomic mass is 32.2. The first-order valence-corrected chi connectivity index (χ1v) is 7.21. The van der Waals surface area contributed by atoms with Gasteiger partial charge in [0.15, 0.2) is 9.84 Å². The minimum Gasteiger partial charge on any atom is -0.508 e. The molecule has 1 heterocycles. The number of rotatable bonds is 2. The van der Waals surface area contributed by atoms with E-state index in [-0.39, 0.29) is 11.5 Å². The van der Waals surface area contributed by atoms with Gasteiger partial charge in [0.1, 0.15) is 5.75 Å². The van der Waals surface area contributed by atoms with Crippen molar-refractivity contribution in [1.29, 1.82) is 0 Å². The van der Waals surface area contributed by atoms with Crippen LogP contribution in [0.15, 0.2) is 24.3 Å². The third kappa shape index (κ3) is 2.49. The van der Waals surface area contributed by atoms with Crippen LogP contribution in [0, 0.1) is 0 Å². The highest BCUT2D eigenvalue weighted by Gasteiger charge is 2.08. The summed E-state index contributed by atoms with van der Waals surface area (Å²) in [5.41, 5.74) is 0. The molecule has 2 rings (SSSR count). The van der Waals surface area contributed by atoms with E-state index in [2.05, 4.69) is 0 Å². The lowest BCUT2D eigenvalue weighted by molar-refractivity contribution is 0.476. The van der Waals surface area contributed by atoms with Crippen LogP contribution in [0.4, 0.5) is 0 Å². The number of benzene rings is 1. The van der Waals surface area contributed by atoms with Gasteiger partial charge in [-0.1, -0.05) is 0 Å². The number of phenolic OH excluding ortho intramolecular Hbond substituents is 1. The number of hydrogen-bond acceptors (Lipinski definition) is 4. The van der Waals surface area contributed by atoms with Crippen LogP contribution in [0.2, 0.25) is 0 Å². The van der Waals surface area contributed by atoms with Gasteiger partial charge in [-0.05, 0) is 29.7 Å². The van der Waals surface area contributed by atoms with Gasteiger partial charge in [0.05, 0.1) is 5.75 Å². The number of phenols is 1. The van der Waals surface area contributed by atoms with E-state index in [0.717, 1.165) is 15.0 Å². The van der Waals surface area contributed by atoms with E-state index in [1.165, 1.54) is 17.6 Å². The summed E-state index contributed by atoms with van der Waals surface area (Å²) in [6.45, 7) is 0. The Kier molecular flexibility index (Phi) is 2.44. The maximum absolute atomic E-state index is 11.1. The molecule has 1 aromatic carbocycles. The normalized spacial score (nSPS) is 12.1. The average molecular weight is 242 g/mol. The summed E-state index contributed by atoms with van der Waals surface area (Å²) in [5, 5.41) is 10.2. The Morgan fingerprint density at radius 2 is 2.07 bits per heavy atom. The van der Waals surface area contributed by atoms with Crippen LogP contribution in [-0.2, 0) is 15.6 Å². The molecule has 1 aromatic heterocycles. The second-order valence-corrected chi connectivity index (χ2v) is 6.81. The first-order chi connectivity index (χ1) is 6.94. The molecule has 5 heteroatoms. The zero-order chi connectivity index (χ0) is 11.1. The highest BCUT2D eigenvalue weighted by Crippen LogP contribution is 2.29. The van der Waals surface area contributed by atoms with Gasteiger partial charge in [-0.25, -0.2) is 8.42 Å². The molecule has 0 aliphatic rings. The number of sulfone groups is 1. The van der Waals surface area contributed by atoms with Crippen molar-refractivity contribution in [3.05, 3.63) is 29.1 Å². The van der Waals surface area contributed by atoms with Gasteiger partial charge < -0.3 is 5.11 Å². The molecule has 0 amide bonds. The van der Waals surface area contributed by atoms with Gasteiger partial charge in [-0.15, -0.1) is 11.3 Å². The quantitative estimate of drug-likeness (QED) is 0.878. The molecule has 80 valence electrons. The van der Waals surface area contributed by atoms with Gasteiger partial charge >= 0.3 is 0 Å². The van der Waals surface area contributed by atoms with Crippen molar-refractivity contribution in [1.82, 2.24) is 0 Å². The minimum absolute atomic E-state index is 0.0626. The molecule has 0 atom stereocenters. The molecule has 1 N–H and O–H groups in total. The van der Waals surface area contributed by atoms with Gasteiger partial charge in [-0.2, -0.15) is 0 Å². The second-order valence-electron chi connectivity index (χ2n) is 3.50. The van der Waals surface area contributed by atoms with Gasteiger partial charge in [0.2, 0.25) is 0 Å². The molecule has 0 radical (unpaired) electrons. The molecule has 0 bridgehead atoms. The molecule has 0 aliphatic heterocycles. The van der Waals surface area contributed by atoms with Crippen LogP contribution in [0.3, 0.4) is 0 Å². The molecule has 0 aliphatic carbocycles. The molecule has 0 saturated carbocycles. The van der Waals surface area contributed by atoms with E-state index < -0.39 is 9.84 Å². The number of hydrogen-bond donors (Lipinski definition) is 1. The molecule has 0 unspecified atom stereocenters. The van der Waals surface area contributed by atoms with Crippen molar-refractivity contribution in [2.75, 3.05) is 6.26 Å².